The molecular formula is C22H20BrN3O3S. The van der Waals surface area contributed by atoms with Gasteiger partial charge in [-0.05, 0) is 70.5 Å². The van der Waals surface area contributed by atoms with Gasteiger partial charge < -0.3 is 5.32 Å². The van der Waals surface area contributed by atoms with Crippen LogP contribution in [0.15, 0.2) is 82.3 Å². The monoisotopic (exact) mass is 485 g/mol. The molecule has 3 rings (SSSR count). The molecule has 0 bridgehead atoms. The van der Waals surface area contributed by atoms with Gasteiger partial charge in [-0.25, -0.2) is 4.79 Å². The van der Waals surface area contributed by atoms with Gasteiger partial charge in [-0.1, -0.05) is 48.5 Å². The third-order valence-corrected chi connectivity index (χ3v) is 5.69. The average molecular weight is 486 g/mol. The standard InChI is InChI=1S/C21H20BrN3OS.CO2/c1-15-8-5-6-12-19(15)27-25-21(26)24-18(14-16-9-3-2-4-10-16)20-17(22)11-7-13-23-20;2-1-3/h2-13,18H,14H2,1H3,(H2,24,25,26);. The molecule has 0 aliphatic heterocycles. The molecule has 1 atom stereocenters. The Morgan fingerprint density at radius 2 is 1.73 bits per heavy atom. The summed E-state index contributed by atoms with van der Waals surface area (Å²) in [6.45, 7) is 2.02. The number of nitrogens with one attached hydrogen (secondary N) is 2. The van der Waals surface area contributed by atoms with Crippen molar-refractivity contribution in [2.45, 2.75) is 24.3 Å². The maximum atomic E-state index is 12.5. The van der Waals surface area contributed by atoms with Crippen LogP contribution in [-0.2, 0) is 16.0 Å². The highest BCUT2D eigenvalue weighted by Crippen LogP contribution is 2.24. The summed E-state index contributed by atoms with van der Waals surface area (Å²) in [6, 6.07) is 21.3. The molecule has 0 saturated heterocycles. The van der Waals surface area contributed by atoms with Gasteiger partial charge in [0.05, 0.1) is 11.7 Å². The zero-order chi connectivity index (χ0) is 21.8. The second kappa shape index (κ2) is 12.6. The molecule has 0 fully saturated rings. The van der Waals surface area contributed by atoms with E-state index < -0.39 is 0 Å². The van der Waals surface area contributed by atoms with Gasteiger partial charge >= 0.3 is 12.2 Å². The average Bonchev–Trinajstić information content (AvgIpc) is 2.74. The summed E-state index contributed by atoms with van der Waals surface area (Å²) in [5.41, 5.74) is 3.06. The van der Waals surface area contributed by atoms with E-state index in [-0.39, 0.29) is 18.2 Å². The van der Waals surface area contributed by atoms with Gasteiger partial charge in [0.25, 0.3) is 0 Å². The van der Waals surface area contributed by atoms with Crippen molar-refractivity contribution in [3.8, 4) is 0 Å². The molecule has 3 aromatic rings. The van der Waals surface area contributed by atoms with E-state index in [0.717, 1.165) is 26.2 Å². The lowest BCUT2D eigenvalue weighted by Crippen LogP contribution is -2.36. The summed E-state index contributed by atoms with van der Waals surface area (Å²) in [5, 5.41) is 3.05. The van der Waals surface area contributed by atoms with Crippen LogP contribution in [0.4, 0.5) is 4.79 Å². The number of amides is 2. The van der Waals surface area contributed by atoms with Gasteiger partial charge in [0, 0.05) is 15.6 Å². The first-order chi connectivity index (χ1) is 14.5. The van der Waals surface area contributed by atoms with Crippen LogP contribution in [0.1, 0.15) is 22.9 Å². The number of carbonyl (C=O) groups excluding carboxylic acids is 3. The SMILES string of the molecule is Cc1ccccc1SNC(=O)NC(Cc1ccccc1)c1ncccc1Br.O=C=O. The minimum Gasteiger partial charge on any atom is -0.329 e. The zero-order valence-electron chi connectivity index (χ0n) is 16.2. The van der Waals surface area contributed by atoms with Gasteiger partial charge in [-0.2, -0.15) is 9.59 Å². The molecule has 1 aromatic heterocycles. The van der Waals surface area contributed by atoms with Crippen molar-refractivity contribution in [3.63, 3.8) is 0 Å². The minimum atomic E-state index is -0.250. The Kier molecular flexibility index (Phi) is 9.80. The third-order valence-electron chi connectivity index (χ3n) is 4.05. The van der Waals surface area contributed by atoms with E-state index in [4.69, 9.17) is 9.59 Å². The first-order valence-electron chi connectivity index (χ1n) is 8.97. The number of aryl methyl sites for hydroxylation is 1. The lowest BCUT2D eigenvalue weighted by atomic mass is 10.0. The summed E-state index contributed by atoms with van der Waals surface area (Å²) in [4.78, 5) is 34.3. The molecule has 0 saturated carbocycles. The van der Waals surface area contributed by atoms with Crippen LogP contribution < -0.4 is 10.0 Å². The molecule has 30 heavy (non-hydrogen) atoms. The fraction of sp³-hybridized carbons (Fsp3) is 0.136. The van der Waals surface area contributed by atoms with Crippen LogP contribution in [0.25, 0.3) is 0 Å². The topological polar surface area (TPSA) is 88.2 Å². The smallest absolute Gasteiger partial charge is 0.329 e. The van der Waals surface area contributed by atoms with E-state index in [1.165, 1.54) is 11.9 Å². The number of benzene rings is 2. The molecule has 1 heterocycles. The van der Waals surface area contributed by atoms with Gasteiger partial charge in [-0.15, -0.1) is 0 Å². The van der Waals surface area contributed by atoms with Crippen LogP contribution in [0, 0.1) is 6.92 Å². The fourth-order valence-electron chi connectivity index (χ4n) is 2.68. The molecule has 2 amide bonds. The Morgan fingerprint density at radius 3 is 2.40 bits per heavy atom. The molecule has 0 aliphatic rings. The van der Waals surface area contributed by atoms with Gasteiger partial charge in [0.1, 0.15) is 0 Å². The number of rotatable bonds is 6. The Hall–Kier alpha value is -2.93. The second-order valence-electron chi connectivity index (χ2n) is 6.14. The highest BCUT2D eigenvalue weighted by molar-refractivity contribution is 9.10. The summed E-state index contributed by atoms with van der Waals surface area (Å²) < 4.78 is 3.74. The van der Waals surface area contributed by atoms with E-state index in [2.05, 4.69) is 31.0 Å². The molecule has 6 nitrogen and oxygen atoms in total. The number of urea groups is 1. The largest absolute Gasteiger partial charge is 0.373 e. The van der Waals surface area contributed by atoms with Crippen molar-refractivity contribution < 1.29 is 14.4 Å². The Morgan fingerprint density at radius 1 is 1.07 bits per heavy atom. The molecule has 0 radical (unpaired) electrons. The normalized spacial score (nSPS) is 10.7. The summed E-state index contributed by atoms with van der Waals surface area (Å²) in [6.07, 6.45) is 2.64. The van der Waals surface area contributed by atoms with Crippen molar-refractivity contribution >= 4 is 40.1 Å². The number of carbonyl (C=O) groups is 1. The predicted molar refractivity (Wildman–Crippen MR) is 119 cm³/mol. The number of halogens is 1. The maximum absolute atomic E-state index is 12.5. The summed E-state index contributed by atoms with van der Waals surface area (Å²) in [5.74, 6) is 0. The molecule has 1 unspecified atom stereocenters. The van der Waals surface area contributed by atoms with E-state index >= 15 is 0 Å². The third kappa shape index (κ3) is 7.48. The highest BCUT2D eigenvalue weighted by Gasteiger charge is 2.19. The Bertz CT molecular complexity index is 996. The van der Waals surface area contributed by atoms with Crippen molar-refractivity contribution in [2.24, 2.45) is 0 Å². The predicted octanol–water partition coefficient (Wildman–Crippen LogP) is 4.86. The van der Waals surface area contributed by atoms with Crippen LogP contribution >= 0.6 is 27.9 Å². The lowest BCUT2D eigenvalue weighted by Gasteiger charge is -2.20. The molecule has 2 aromatic carbocycles. The van der Waals surface area contributed by atoms with Crippen molar-refractivity contribution in [1.82, 2.24) is 15.0 Å². The Labute approximate surface area is 187 Å². The van der Waals surface area contributed by atoms with Gasteiger partial charge in [0.15, 0.2) is 0 Å². The summed E-state index contributed by atoms with van der Waals surface area (Å²) in [7, 11) is 0. The van der Waals surface area contributed by atoms with E-state index in [1.54, 1.807) is 6.20 Å². The minimum absolute atomic E-state index is 0.248. The molecule has 0 spiro atoms. The highest BCUT2D eigenvalue weighted by atomic mass is 79.9. The van der Waals surface area contributed by atoms with Gasteiger partial charge in [0.2, 0.25) is 0 Å². The molecule has 8 heteroatoms. The van der Waals surface area contributed by atoms with Crippen molar-refractivity contribution in [1.29, 1.82) is 0 Å². The van der Waals surface area contributed by atoms with Crippen LogP contribution in [0.2, 0.25) is 0 Å². The number of nitrogens with zero attached hydrogens (tertiary/aromatic N) is 1. The summed E-state index contributed by atoms with van der Waals surface area (Å²) >= 11 is 4.85. The zero-order valence-corrected chi connectivity index (χ0v) is 18.6. The Balaban J connectivity index is 0.00000101. The lowest BCUT2D eigenvalue weighted by molar-refractivity contribution is -0.191. The maximum Gasteiger partial charge on any atom is 0.373 e. The number of pyridine rings is 1. The number of aromatic nitrogens is 1. The molecule has 154 valence electrons. The second-order valence-corrected chi connectivity index (χ2v) is 7.84. The quantitative estimate of drug-likeness (QED) is 0.486. The number of hydrogen-bond acceptors (Lipinski definition) is 5. The molecular weight excluding hydrogens is 466 g/mol. The first kappa shape index (κ1) is 23.3. The van der Waals surface area contributed by atoms with Crippen LogP contribution in [-0.4, -0.2) is 17.2 Å². The van der Waals surface area contributed by atoms with Crippen molar-refractivity contribution in [3.05, 3.63) is 94.2 Å². The fourth-order valence-corrected chi connectivity index (χ4v) is 3.85. The molecule has 0 aliphatic carbocycles. The number of hydrogen-bond donors (Lipinski definition) is 2. The first-order valence-corrected chi connectivity index (χ1v) is 10.6. The van der Waals surface area contributed by atoms with Gasteiger partial charge in [-0.3, -0.25) is 9.71 Å². The van der Waals surface area contributed by atoms with Crippen LogP contribution in [0.3, 0.4) is 0 Å². The van der Waals surface area contributed by atoms with E-state index in [0.29, 0.717) is 6.42 Å². The molecule has 2 N–H and O–H groups in total. The van der Waals surface area contributed by atoms with Crippen LogP contribution in [0.5, 0.6) is 0 Å². The van der Waals surface area contributed by atoms with E-state index in [1.807, 2.05) is 73.7 Å². The van der Waals surface area contributed by atoms with Crippen molar-refractivity contribution in [2.75, 3.05) is 0 Å². The van der Waals surface area contributed by atoms with E-state index in [9.17, 15) is 4.79 Å².